The molecule has 0 N–H and O–H groups in total. The zero-order valence-corrected chi connectivity index (χ0v) is 17.8. The molecule has 2 aromatic carbocycles. The minimum Gasteiger partial charge on any atom is -0.460 e. The second kappa shape index (κ2) is 8.01. The molecule has 0 saturated heterocycles. The topological polar surface area (TPSA) is 71.1 Å². The number of nitrogens with zero attached hydrogens (tertiary/aromatic N) is 4. The van der Waals surface area contributed by atoms with E-state index in [2.05, 4.69) is 4.98 Å². The number of hydrogen-bond donors (Lipinski definition) is 0. The molecule has 2 aromatic heterocycles. The molecule has 0 atom stereocenters. The molecule has 0 aliphatic rings. The molecule has 0 unspecified atom stereocenters. The lowest BCUT2D eigenvalue weighted by atomic mass is 10.2. The fraction of sp³-hybridized carbons (Fsp3) is 0.190. The van der Waals surface area contributed by atoms with Crippen molar-refractivity contribution in [2.24, 2.45) is 14.1 Å². The Hall–Kier alpha value is -3.03. The molecule has 0 aliphatic carbocycles. The summed E-state index contributed by atoms with van der Waals surface area (Å²) in [6, 6.07) is 14.8. The highest BCUT2D eigenvalue weighted by Crippen LogP contribution is 2.24. The van der Waals surface area contributed by atoms with Gasteiger partial charge in [0.15, 0.2) is 11.2 Å². The van der Waals surface area contributed by atoms with Crippen molar-refractivity contribution < 1.29 is 4.74 Å². The highest BCUT2D eigenvalue weighted by atomic mass is 35.5. The van der Waals surface area contributed by atoms with Crippen molar-refractivity contribution in [3.05, 3.63) is 90.5 Å². The van der Waals surface area contributed by atoms with Crippen LogP contribution in [-0.4, -0.2) is 18.7 Å². The summed E-state index contributed by atoms with van der Waals surface area (Å²) in [5.74, 6) is 0. The van der Waals surface area contributed by atoms with Crippen molar-refractivity contribution in [1.29, 1.82) is 0 Å². The molecule has 154 valence electrons. The van der Waals surface area contributed by atoms with Gasteiger partial charge in [-0.2, -0.15) is 4.98 Å². The Morgan fingerprint density at radius 1 is 0.967 bits per heavy atom. The van der Waals surface area contributed by atoms with Gasteiger partial charge < -0.3 is 4.74 Å². The number of aromatic nitrogens is 4. The highest BCUT2D eigenvalue weighted by Gasteiger charge is 2.21. The Bertz CT molecular complexity index is 1350. The van der Waals surface area contributed by atoms with Crippen molar-refractivity contribution in [1.82, 2.24) is 18.7 Å². The Morgan fingerprint density at radius 2 is 1.67 bits per heavy atom. The number of ether oxygens (including phenoxy) is 1. The van der Waals surface area contributed by atoms with Crippen LogP contribution >= 0.6 is 23.2 Å². The van der Waals surface area contributed by atoms with Gasteiger partial charge in [0.1, 0.15) is 6.61 Å². The second-order valence-electron chi connectivity index (χ2n) is 6.87. The average molecular weight is 445 g/mol. The predicted molar refractivity (Wildman–Crippen MR) is 117 cm³/mol. The fourth-order valence-corrected chi connectivity index (χ4v) is 3.53. The first-order valence-corrected chi connectivity index (χ1v) is 9.89. The van der Waals surface area contributed by atoms with E-state index in [0.29, 0.717) is 10.0 Å². The number of aryl methyl sites for hydroxylation is 1. The summed E-state index contributed by atoms with van der Waals surface area (Å²) in [6.07, 6.45) is 0. The summed E-state index contributed by atoms with van der Waals surface area (Å²) in [4.78, 5) is 29.7. The number of benzene rings is 2. The summed E-state index contributed by atoms with van der Waals surface area (Å²) in [5, 5.41) is 1.19. The lowest BCUT2D eigenvalue weighted by molar-refractivity contribution is 0.270. The predicted octanol–water partition coefficient (Wildman–Crippen LogP) is 3.37. The molecule has 4 aromatic rings. The molecule has 0 bridgehead atoms. The van der Waals surface area contributed by atoms with E-state index >= 15 is 0 Å². The molecule has 0 saturated carbocycles. The van der Waals surface area contributed by atoms with Gasteiger partial charge in [0, 0.05) is 24.1 Å². The van der Waals surface area contributed by atoms with Crippen molar-refractivity contribution >= 4 is 34.4 Å². The van der Waals surface area contributed by atoms with Crippen LogP contribution in [0.2, 0.25) is 10.0 Å². The third-order valence-corrected chi connectivity index (χ3v) is 5.50. The maximum atomic E-state index is 12.9. The van der Waals surface area contributed by atoms with E-state index < -0.39 is 11.2 Å². The molecular weight excluding hydrogens is 427 g/mol. The Balaban J connectivity index is 1.85. The van der Waals surface area contributed by atoms with Crippen LogP contribution < -0.4 is 16.0 Å². The van der Waals surface area contributed by atoms with Crippen LogP contribution in [0.4, 0.5) is 0 Å². The van der Waals surface area contributed by atoms with E-state index in [4.69, 9.17) is 27.9 Å². The summed E-state index contributed by atoms with van der Waals surface area (Å²) in [5.41, 5.74) is 1.29. The molecule has 30 heavy (non-hydrogen) atoms. The molecule has 4 rings (SSSR count). The monoisotopic (exact) mass is 444 g/mol. The molecule has 0 spiro atoms. The van der Waals surface area contributed by atoms with Gasteiger partial charge in [-0.15, -0.1) is 0 Å². The molecule has 2 heterocycles. The third-order valence-electron chi connectivity index (χ3n) is 4.88. The van der Waals surface area contributed by atoms with E-state index in [9.17, 15) is 9.59 Å². The van der Waals surface area contributed by atoms with E-state index in [1.807, 2.05) is 30.3 Å². The zero-order chi connectivity index (χ0) is 21.4. The fourth-order valence-electron chi connectivity index (χ4n) is 3.21. The van der Waals surface area contributed by atoms with Crippen LogP contribution in [0.1, 0.15) is 11.1 Å². The standard InChI is InChI=1S/C21H18Cl2N4O3/c1-25-18-17(19(28)26(2)21(25)29)27(11-14-5-3-4-6-16(14)23)20(24-18)30-12-13-7-9-15(22)10-8-13/h3-10H,11-12H2,1-2H3. The van der Waals surface area contributed by atoms with Crippen LogP contribution in [0, 0.1) is 0 Å². The smallest absolute Gasteiger partial charge is 0.332 e. The third kappa shape index (κ3) is 3.62. The largest absolute Gasteiger partial charge is 0.460 e. The Labute approximate surface area is 181 Å². The molecule has 0 fully saturated rings. The van der Waals surface area contributed by atoms with E-state index in [-0.39, 0.29) is 30.3 Å². The maximum absolute atomic E-state index is 12.9. The van der Waals surface area contributed by atoms with Crippen LogP contribution in [0.25, 0.3) is 11.2 Å². The molecule has 9 heteroatoms. The normalized spacial score (nSPS) is 11.2. The molecular formula is C21H18Cl2N4O3. The maximum Gasteiger partial charge on any atom is 0.332 e. The second-order valence-corrected chi connectivity index (χ2v) is 7.71. The molecule has 0 radical (unpaired) electrons. The van der Waals surface area contributed by atoms with Gasteiger partial charge in [0.05, 0.1) is 6.54 Å². The number of halogens is 2. The Morgan fingerprint density at radius 3 is 2.37 bits per heavy atom. The van der Waals surface area contributed by atoms with E-state index in [1.165, 1.54) is 11.6 Å². The highest BCUT2D eigenvalue weighted by molar-refractivity contribution is 6.31. The van der Waals surface area contributed by atoms with Crippen LogP contribution in [0.5, 0.6) is 6.01 Å². The Kier molecular flexibility index (Phi) is 5.40. The van der Waals surface area contributed by atoms with Crippen molar-refractivity contribution in [2.45, 2.75) is 13.2 Å². The van der Waals surface area contributed by atoms with Crippen molar-refractivity contribution in [3.63, 3.8) is 0 Å². The van der Waals surface area contributed by atoms with Crippen molar-refractivity contribution in [3.8, 4) is 6.01 Å². The number of fused-ring (bicyclic) bond motifs is 1. The van der Waals surface area contributed by atoms with E-state index in [1.54, 1.807) is 29.8 Å². The van der Waals surface area contributed by atoms with Crippen LogP contribution in [0.15, 0.2) is 58.1 Å². The SMILES string of the molecule is Cn1c(=O)c2c(nc(OCc3ccc(Cl)cc3)n2Cc2ccccc2Cl)n(C)c1=O. The first-order valence-electron chi connectivity index (χ1n) is 9.13. The number of hydrogen-bond acceptors (Lipinski definition) is 4. The van der Waals surface area contributed by atoms with Crippen LogP contribution in [0.3, 0.4) is 0 Å². The lowest BCUT2D eigenvalue weighted by Crippen LogP contribution is -2.37. The lowest BCUT2D eigenvalue weighted by Gasteiger charge is -2.11. The van der Waals surface area contributed by atoms with E-state index in [0.717, 1.165) is 15.7 Å². The van der Waals surface area contributed by atoms with Crippen molar-refractivity contribution in [2.75, 3.05) is 0 Å². The summed E-state index contributed by atoms with van der Waals surface area (Å²) < 4.78 is 9.98. The van der Waals surface area contributed by atoms with Gasteiger partial charge in [-0.25, -0.2) is 4.79 Å². The quantitative estimate of drug-likeness (QED) is 0.473. The van der Waals surface area contributed by atoms with Gasteiger partial charge in [-0.1, -0.05) is 53.5 Å². The van der Waals surface area contributed by atoms with Gasteiger partial charge in [-0.05, 0) is 29.3 Å². The minimum atomic E-state index is -0.459. The molecule has 0 aliphatic heterocycles. The first kappa shape index (κ1) is 20.3. The first-order chi connectivity index (χ1) is 14.4. The number of imidazole rings is 1. The zero-order valence-electron chi connectivity index (χ0n) is 16.3. The molecule has 7 nitrogen and oxygen atoms in total. The summed E-state index contributed by atoms with van der Waals surface area (Å²) in [6.45, 7) is 0.483. The van der Waals surface area contributed by atoms with Crippen LogP contribution in [-0.2, 0) is 27.2 Å². The summed E-state index contributed by atoms with van der Waals surface area (Å²) >= 11 is 12.3. The molecule has 0 amide bonds. The van der Waals surface area contributed by atoms with Gasteiger partial charge in [0.25, 0.3) is 11.6 Å². The average Bonchev–Trinajstić information content (AvgIpc) is 3.10. The van der Waals surface area contributed by atoms with Gasteiger partial charge in [0.2, 0.25) is 0 Å². The number of rotatable bonds is 5. The van der Waals surface area contributed by atoms with Gasteiger partial charge >= 0.3 is 5.69 Å². The van der Waals surface area contributed by atoms with Gasteiger partial charge in [-0.3, -0.25) is 18.5 Å². The minimum absolute atomic E-state index is 0.220. The summed E-state index contributed by atoms with van der Waals surface area (Å²) in [7, 11) is 3.01.